The van der Waals surface area contributed by atoms with E-state index in [2.05, 4.69) is 20.8 Å². The number of rotatable bonds is 0. The molecule has 3 unspecified atom stereocenters. The maximum absolute atomic E-state index is 7.31. The van der Waals surface area contributed by atoms with Gasteiger partial charge in [-0.1, -0.05) is 13.8 Å². The van der Waals surface area contributed by atoms with Crippen LogP contribution in [-0.4, -0.2) is 23.4 Å². The Bertz CT molecular complexity index is 167. The van der Waals surface area contributed by atoms with Crippen molar-refractivity contribution < 1.29 is 0 Å². The van der Waals surface area contributed by atoms with Gasteiger partial charge in [0.05, 0.1) is 0 Å². The van der Waals surface area contributed by atoms with Gasteiger partial charge in [-0.25, -0.2) is 0 Å². The molecule has 1 heterocycles. The van der Waals surface area contributed by atoms with Crippen LogP contribution in [0.5, 0.6) is 0 Å². The summed E-state index contributed by atoms with van der Waals surface area (Å²) in [7, 11) is 0. The fraction of sp³-hybridized carbons (Fsp3) is 0.875. The summed E-state index contributed by atoms with van der Waals surface area (Å²) in [5.41, 5.74) is 5.42. The van der Waals surface area contributed by atoms with Crippen molar-refractivity contribution in [3.05, 3.63) is 0 Å². The Kier molecular flexibility index (Phi) is 2.07. The van der Waals surface area contributed by atoms with Crippen molar-refractivity contribution in [2.75, 3.05) is 6.54 Å². The lowest BCUT2D eigenvalue weighted by atomic mass is 9.95. The molecule has 0 bridgehead atoms. The van der Waals surface area contributed by atoms with Crippen LogP contribution in [0.2, 0.25) is 0 Å². The van der Waals surface area contributed by atoms with Crippen molar-refractivity contribution >= 4 is 5.96 Å². The molecule has 1 aliphatic heterocycles. The number of nitrogens with two attached hydrogens (primary N) is 1. The summed E-state index contributed by atoms with van der Waals surface area (Å²) in [6.07, 6.45) is 0. The predicted molar refractivity (Wildman–Crippen MR) is 46.4 cm³/mol. The first-order valence-electron chi connectivity index (χ1n) is 4.14. The summed E-state index contributed by atoms with van der Waals surface area (Å²) in [6.45, 7) is 7.51. The third-order valence-electron chi connectivity index (χ3n) is 2.94. The number of guanidine groups is 1. The van der Waals surface area contributed by atoms with Crippen LogP contribution in [0.25, 0.3) is 0 Å². The van der Waals surface area contributed by atoms with Crippen LogP contribution in [0.3, 0.4) is 0 Å². The van der Waals surface area contributed by atoms with E-state index >= 15 is 0 Å². The SMILES string of the molecule is CC1CN(C(=N)N)C(C)C1C. The van der Waals surface area contributed by atoms with Crippen molar-refractivity contribution in [3.8, 4) is 0 Å². The summed E-state index contributed by atoms with van der Waals surface area (Å²) in [6, 6.07) is 0.433. The van der Waals surface area contributed by atoms with Crippen LogP contribution in [0.1, 0.15) is 20.8 Å². The normalized spacial score (nSPS) is 37.7. The zero-order chi connectivity index (χ0) is 8.59. The van der Waals surface area contributed by atoms with E-state index < -0.39 is 0 Å². The molecule has 64 valence electrons. The van der Waals surface area contributed by atoms with E-state index in [1.165, 1.54) is 0 Å². The molecule has 1 aliphatic rings. The minimum atomic E-state index is 0.216. The molecule has 3 nitrogen and oxygen atoms in total. The molecule has 0 spiro atoms. The van der Waals surface area contributed by atoms with Gasteiger partial charge in [0.1, 0.15) is 0 Å². The minimum Gasteiger partial charge on any atom is -0.370 e. The summed E-state index contributed by atoms with van der Waals surface area (Å²) in [5.74, 6) is 1.53. The molecule has 1 rings (SSSR count). The van der Waals surface area contributed by atoms with E-state index in [4.69, 9.17) is 11.1 Å². The van der Waals surface area contributed by atoms with Crippen LogP contribution in [-0.2, 0) is 0 Å². The van der Waals surface area contributed by atoms with E-state index in [1.807, 2.05) is 4.90 Å². The maximum Gasteiger partial charge on any atom is 0.188 e. The largest absolute Gasteiger partial charge is 0.370 e. The lowest BCUT2D eigenvalue weighted by molar-refractivity contribution is 0.360. The molecule has 3 heteroatoms. The average Bonchev–Trinajstić information content (AvgIpc) is 2.17. The van der Waals surface area contributed by atoms with Crippen LogP contribution < -0.4 is 5.73 Å². The molecule has 0 radical (unpaired) electrons. The monoisotopic (exact) mass is 155 g/mol. The molecule has 0 amide bonds. The topological polar surface area (TPSA) is 53.1 Å². The van der Waals surface area contributed by atoms with Crippen molar-refractivity contribution in [3.63, 3.8) is 0 Å². The Morgan fingerprint density at radius 3 is 2.18 bits per heavy atom. The van der Waals surface area contributed by atoms with Crippen LogP contribution >= 0.6 is 0 Å². The van der Waals surface area contributed by atoms with Crippen molar-refractivity contribution in [2.45, 2.75) is 26.8 Å². The first-order chi connectivity index (χ1) is 5.04. The fourth-order valence-corrected chi connectivity index (χ4v) is 1.72. The standard InChI is InChI=1S/C8H17N3/c1-5-4-11(8(9)10)7(3)6(5)2/h5-7H,4H2,1-3H3,(H3,9,10). The predicted octanol–water partition coefficient (Wildman–Crippen LogP) is 0.856. The van der Waals surface area contributed by atoms with E-state index in [-0.39, 0.29) is 5.96 Å². The van der Waals surface area contributed by atoms with Crippen LogP contribution in [0, 0.1) is 17.2 Å². The zero-order valence-electron chi connectivity index (χ0n) is 7.46. The first-order valence-corrected chi connectivity index (χ1v) is 4.14. The minimum absolute atomic E-state index is 0.216. The molecular weight excluding hydrogens is 138 g/mol. The van der Waals surface area contributed by atoms with Crippen molar-refractivity contribution in [1.82, 2.24) is 4.90 Å². The van der Waals surface area contributed by atoms with Gasteiger partial charge in [0.25, 0.3) is 0 Å². The maximum atomic E-state index is 7.31. The van der Waals surface area contributed by atoms with Gasteiger partial charge in [0.2, 0.25) is 0 Å². The van der Waals surface area contributed by atoms with Gasteiger partial charge in [0.15, 0.2) is 5.96 Å². The highest BCUT2D eigenvalue weighted by Gasteiger charge is 2.33. The van der Waals surface area contributed by atoms with Crippen LogP contribution in [0.15, 0.2) is 0 Å². The average molecular weight is 155 g/mol. The van der Waals surface area contributed by atoms with E-state index in [0.29, 0.717) is 17.9 Å². The number of nitrogens with one attached hydrogen (secondary N) is 1. The molecular formula is C8H17N3. The Morgan fingerprint density at radius 1 is 1.45 bits per heavy atom. The van der Waals surface area contributed by atoms with E-state index in [0.717, 1.165) is 6.54 Å². The van der Waals surface area contributed by atoms with Gasteiger partial charge in [-0.05, 0) is 18.8 Å². The second-order valence-corrected chi connectivity index (χ2v) is 3.61. The molecule has 3 atom stereocenters. The summed E-state index contributed by atoms with van der Waals surface area (Å²) in [5, 5.41) is 7.31. The summed E-state index contributed by atoms with van der Waals surface area (Å²) < 4.78 is 0. The zero-order valence-corrected chi connectivity index (χ0v) is 7.46. The van der Waals surface area contributed by atoms with E-state index in [9.17, 15) is 0 Å². The van der Waals surface area contributed by atoms with E-state index in [1.54, 1.807) is 0 Å². The lowest BCUT2D eigenvalue weighted by Gasteiger charge is -2.22. The Morgan fingerprint density at radius 2 is 2.00 bits per heavy atom. The van der Waals surface area contributed by atoms with Crippen molar-refractivity contribution in [1.29, 1.82) is 5.41 Å². The third kappa shape index (κ3) is 1.32. The molecule has 0 aromatic heterocycles. The Labute approximate surface area is 68.1 Å². The second-order valence-electron chi connectivity index (χ2n) is 3.61. The quantitative estimate of drug-likeness (QED) is 0.402. The number of nitrogens with zero attached hydrogens (tertiary/aromatic N) is 1. The summed E-state index contributed by atoms with van der Waals surface area (Å²) in [4.78, 5) is 1.97. The van der Waals surface area contributed by atoms with Crippen molar-refractivity contribution in [2.24, 2.45) is 17.6 Å². The molecule has 0 saturated carbocycles. The van der Waals surface area contributed by atoms with Gasteiger partial charge in [-0.15, -0.1) is 0 Å². The smallest absolute Gasteiger partial charge is 0.188 e. The highest BCUT2D eigenvalue weighted by molar-refractivity contribution is 5.75. The van der Waals surface area contributed by atoms with Gasteiger partial charge in [-0.2, -0.15) is 0 Å². The molecule has 1 fully saturated rings. The van der Waals surface area contributed by atoms with Gasteiger partial charge >= 0.3 is 0 Å². The highest BCUT2D eigenvalue weighted by Crippen LogP contribution is 2.27. The van der Waals surface area contributed by atoms with Gasteiger partial charge in [0, 0.05) is 12.6 Å². The number of likely N-dealkylation sites (tertiary alicyclic amines) is 1. The molecule has 0 aromatic rings. The highest BCUT2D eigenvalue weighted by atomic mass is 15.3. The molecule has 1 saturated heterocycles. The Balaban J connectivity index is 2.67. The Hall–Kier alpha value is -0.730. The molecule has 11 heavy (non-hydrogen) atoms. The number of hydrogen-bond donors (Lipinski definition) is 2. The fourth-order valence-electron chi connectivity index (χ4n) is 1.72. The lowest BCUT2D eigenvalue weighted by Crippen LogP contribution is -2.39. The number of hydrogen-bond acceptors (Lipinski definition) is 1. The second kappa shape index (κ2) is 2.72. The van der Waals surface area contributed by atoms with Gasteiger partial charge < -0.3 is 10.6 Å². The summed E-state index contributed by atoms with van der Waals surface area (Å²) >= 11 is 0. The van der Waals surface area contributed by atoms with Crippen LogP contribution in [0.4, 0.5) is 0 Å². The molecule has 0 aliphatic carbocycles. The van der Waals surface area contributed by atoms with Gasteiger partial charge in [-0.3, -0.25) is 5.41 Å². The molecule has 0 aromatic carbocycles. The third-order valence-corrected chi connectivity index (χ3v) is 2.94. The first kappa shape index (κ1) is 8.37. The molecule has 3 N–H and O–H groups in total.